The summed E-state index contributed by atoms with van der Waals surface area (Å²) in [4.78, 5) is 28.3. The lowest BCUT2D eigenvalue weighted by molar-refractivity contribution is 0.0694. The van der Waals surface area contributed by atoms with Crippen molar-refractivity contribution in [2.75, 3.05) is 6.54 Å². The first-order valence-electron chi connectivity index (χ1n) is 6.83. The van der Waals surface area contributed by atoms with Gasteiger partial charge >= 0.3 is 0 Å². The van der Waals surface area contributed by atoms with E-state index in [1.54, 1.807) is 11.5 Å². The van der Waals surface area contributed by atoms with Crippen molar-refractivity contribution >= 4 is 34.5 Å². The number of hydrogen-bond donors (Lipinski definition) is 2. The van der Waals surface area contributed by atoms with Crippen molar-refractivity contribution in [1.29, 1.82) is 0 Å². The largest absolute Gasteiger partial charge is 0.333 e. The van der Waals surface area contributed by atoms with Gasteiger partial charge in [-0.05, 0) is 23.1 Å². The van der Waals surface area contributed by atoms with Gasteiger partial charge in [0.2, 0.25) is 0 Å². The van der Waals surface area contributed by atoms with Crippen LogP contribution < -0.4 is 5.48 Å². The van der Waals surface area contributed by atoms with E-state index in [4.69, 9.17) is 5.21 Å². The van der Waals surface area contributed by atoms with Gasteiger partial charge in [0.15, 0.2) is 0 Å². The van der Waals surface area contributed by atoms with Crippen LogP contribution in [-0.4, -0.2) is 28.5 Å². The van der Waals surface area contributed by atoms with Crippen LogP contribution in [0.2, 0.25) is 0 Å². The van der Waals surface area contributed by atoms with E-state index in [1.807, 2.05) is 22.4 Å². The summed E-state index contributed by atoms with van der Waals surface area (Å²) in [5.41, 5.74) is 2.42. The maximum Gasteiger partial charge on any atom is 0.284 e. The molecule has 116 valence electrons. The first-order chi connectivity index (χ1) is 10.4. The predicted octanol–water partition coefficient (Wildman–Crippen LogP) is 2.86. The molecular formula is C15H16N2O3S2. The summed E-state index contributed by atoms with van der Waals surface area (Å²) in [7, 11) is 0. The van der Waals surface area contributed by atoms with Crippen LogP contribution in [0.5, 0.6) is 0 Å². The maximum absolute atomic E-state index is 12.6. The molecule has 0 spiro atoms. The van der Waals surface area contributed by atoms with E-state index in [9.17, 15) is 9.59 Å². The third kappa shape index (κ3) is 2.55. The molecule has 0 unspecified atom stereocenters. The molecule has 1 aliphatic rings. The number of amides is 2. The van der Waals surface area contributed by atoms with Crippen LogP contribution in [0.4, 0.5) is 0 Å². The summed E-state index contributed by atoms with van der Waals surface area (Å²) in [6.07, 6.45) is 0. The summed E-state index contributed by atoms with van der Waals surface area (Å²) < 4.78 is 0. The second kappa shape index (κ2) is 5.49. The Bertz CT molecular complexity index is 719. The molecule has 0 aromatic carbocycles. The average Bonchev–Trinajstić information content (AvgIpc) is 3.14. The molecule has 2 aromatic rings. The van der Waals surface area contributed by atoms with Crippen LogP contribution in [0, 0.1) is 0 Å². The number of carbonyl (C=O) groups excluding carboxylic acids is 2. The molecule has 0 saturated carbocycles. The van der Waals surface area contributed by atoms with Crippen molar-refractivity contribution in [3.05, 3.63) is 43.8 Å². The second-order valence-corrected chi connectivity index (χ2v) is 7.93. The zero-order valence-electron chi connectivity index (χ0n) is 12.3. The Balaban J connectivity index is 1.94. The number of rotatable bonds is 2. The molecule has 2 aromatic heterocycles. The van der Waals surface area contributed by atoms with E-state index in [2.05, 4.69) is 13.8 Å². The highest BCUT2D eigenvalue weighted by atomic mass is 32.1. The highest BCUT2D eigenvalue weighted by Gasteiger charge is 2.36. The normalized spacial score (nSPS) is 16.2. The summed E-state index contributed by atoms with van der Waals surface area (Å²) in [5, 5.41) is 10.7. The summed E-state index contributed by atoms with van der Waals surface area (Å²) >= 11 is 2.81. The van der Waals surface area contributed by atoms with Crippen molar-refractivity contribution in [1.82, 2.24) is 10.4 Å². The average molecular weight is 336 g/mol. The number of hydrogen-bond acceptors (Lipinski definition) is 5. The van der Waals surface area contributed by atoms with Crippen LogP contribution >= 0.6 is 22.7 Å². The Kier molecular flexibility index (Phi) is 3.80. The van der Waals surface area contributed by atoms with Crippen molar-refractivity contribution < 1.29 is 14.8 Å². The van der Waals surface area contributed by atoms with Crippen LogP contribution in [0.3, 0.4) is 0 Å². The molecule has 2 amide bonds. The summed E-state index contributed by atoms with van der Waals surface area (Å²) in [5.74, 6) is -0.487. The van der Waals surface area contributed by atoms with Crippen molar-refractivity contribution in [2.45, 2.75) is 25.8 Å². The van der Waals surface area contributed by atoms with Crippen molar-refractivity contribution in [3.8, 4) is 0 Å². The SMILES string of the molecule is CC1(C)CN(C(=O)c2cccs2)Cc2cc(C(=O)NO)sc21. The van der Waals surface area contributed by atoms with E-state index in [-0.39, 0.29) is 11.3 Å². The van der Waals surface area contributed by atoms with Crippen LogP contribution in [0.1, 0.15) is 43.6 Å². The van der Waals surface area contributed by atoms with Crippen LogP contribution in [0.25, 0.3) is 0 Å². The number of nitrogens with one attached hydrogen (secondary N) is 1. The van der Waals surface area contributed by atoms with Gasteiger partial charge in [0, 0.05) is 23.4 Å². The molecule has 0 fully saturated rings. The second-order valence-electron chi connectivity index (χ2n) is 5.93. The minimum absolute atomic E-state index is 0.0214. The molecule has 7 heteroatoms. The molecule has 0 saturated heterocycles. The standard InChI is InChI=1S/C15H16N2O3S2/c1-15(2)8-17(14(19)10-4-3-5-21-10)7-9-6-11(13(18)16-20)22-12(9)15/h3-6,20H,7-8H2,1-2H3,(H,16,18). The molecule has 0 bridgehead atoms. The van der Waals surface area contributed by atoms with Gasteiger partial charge in [-0.15, -0.1) is 22.7 Å². The molecule has 3 heterocycles. The summed E-state index contributed by atoms with van der Waals surface area (Å²) in [6.45, 7) is 5.23. The smallest absolute Gasteiger partial charge is 0.284 e. The lowest BCUT2D eigenvalue weighted by atomic mass is 9.85. The Labute approximate surface area is 136 Å². The van der Waals surface area contributed by atoms with Gasteiger partial charge in [-0.2, -0.15) is 0 Å². The predicted molar refractivity (Wildman–Crippen MR) is 85.7 cm³/mol. The van der Waals surface area contributed by atoms with Gasteiger partial charge < -0.3 is 4.90 Å². The van der Waals surface area contributed by atoms with E-state index in [1.165, 1.54) is 22.7 Å². The Morgan fingerprint density at radius 1 is 1.36 bits per heavy atom. The number of carbonyl (C=O) groups is 2. The Hall–Kier alpha value is -1.70. The third-order valence-corrected chi connectivity index (χ3v) is 6.12. The fraction of sp³-hybridized carbons (Fsp3) is 0.333. The van der Waals surface area contributed by atoms with E-state index < -0.39 is 5.91 Å². The third-order valence-electron chi connectivity index (χ3n) is 3.72. The van der Waals surface area contributed by atoms with Gasteiger partial charge in [-0.1, -0.05) is 19.9 Å². The molecule has 0 atom stereocenters. The molecule has 22 heavy (non-hydrogen) atoms. The molecule has 2 N–H and O–H groups in total. The molecule has 1 aliphatic heterocycles. The van der Waals surface area contributed by atoms with Crippen LogP contribution in [0.15, 0.2) is 23.6 Å². The lowest BCUT2D eigenvalue weighted by Gasteiger charge is -2.37. The Morgan fingerprint density at radius 2 is 2.14 bits per heavy atom. The van der Waals surface area contributed by atoms with Crippen molar-refractivity contribution in [3.63, 3.8) is 0 Å². The zero-order chi connectivity index (χ0) is 15.9. The fourth-order valence-electron chi connectivity index (χ4n) is 2.80. The topological polar surface area (TPSA) is 69.6 Å². The number of fused-ring (bicyclic) bond motifs is 1. The van der Waals surface area contributed by atoms with Gasteiger partial charge in [0.05, 0.1) is 9.75 Å². The highest BCUT2D eigenvalue weighted by molar-refractivity contribution is 7.14. The monoisotopic (exact) mass is 336 g/mol. The van der Waals surface area contributed by atoms with Gasteiger partial charge in [-0.25, -0.2) is 5.48 Å². The number of nitrogens with zero attached hydrogens (tertiary/aromatic N) is 1. The van der Waals surface area contributed by atoms with Crippen molar-refractivity contribution in [2.24, 2.45) is 0 Å². The first kappa shape index (κ1) is 15.2. The van der Waals surface area contributed by atoms with Gasteiger partial charge in [0.1, 0.15) is 0 Å². The van der Waals surface area contributed by atoms with E-state index in [0.29, 0.717) is 18.0 Å². The Morgan fingerprint density at radius 3 is 2.77 bits per heavy atom. The molecule has 3 rings (SSSR count). The highest BCUT2D eigenvalue weighted by Crippen LogP contribution is 2.39. The molecule has 0 radical (unpaired) electrons. The first-order valence-corrected chi connectivity index (χ1v) is 8.52. The molecule has 0 aliphatic carbocycles. The lowest BCUT2D eigenvalue weighted by Crippen LogP contribution is -2.44. The molecule has 5 nitrogen and oxygen atoms in total. The minimum atomic E-state index is -0.508. The van der Waals surface area contributed by atoms with Crippen LogP contribution in [-0.2, 0) is 12.0 Å². The number of thiophene rings is 2. The summed E-state index contributed by atoms with van der Waals surface area (Å²) in [6, 6.07) is 5.46. The van der Waals surface area contributed by atoms with Gasteiger partial charge in [-0.3, -0.25) is 14.8 Å². The fourth-order valence-corrected chi connectivity index (χ4v) is 4.64. The van der Waals surface area contributed by atoms with E-state index in [0.717, 1.165) is 15.3 Å². The quantitative estimate of drug-likeness (QED) is 0.654. The zero-order valence-corrected chi connectivity index (χ0v) is 13.9. The molecular weight excluding hydrogens is 320 g/mol. The van der Waals surface area contributed by atoms with E-state index >= 15 is 0 Å². The minimum Gasteiger partial charge on any atom is -0.333 e. The number of hydroxylamine groups is 1. The van der Waals surface area contributed by atoms with Gasteiger partial charge in [0.25, 0.3) is 11.8 Å². The maximum atomic E-state index is 12.6.